The lowest BCUT2D eigenvalue weighted by molar-refractivity contribution is 0.0606. The molecule has 1 fully saturated rings. The van der Waals surface area contributed by atoms with E-state index in [0.717, 1.165) is 12.8 Å². The zero-order chi connectivity index (χ0) is 21.8. The first-order valence-electron chi connectivity index (χ1n) is 10.0. The summed E-state index contributed by atoms with van der Waals surface area (Å²) < 4.78 is 34.7. The molecule has 0 bridgehead atoms. The largest absolute Gasteiger partial charge is 0.513 e. The number of rotatable bonds is 6. The van der Waals surface area contributed by atoms with Gasteiger partial charge in [0.25, 0.3) is 0 Å². The first-order valence-corrected chi connectivity index (χ1v) is 10.0. The van der Waals surface area contributed by atoms with Gasteiger partial charge in [0.2, 0.25) is 0 Å². The third-order valence-corrected chi connectivity index (χ3v) is 4.99. The monoisotopic (exact) mass is 419 g/mol. The van der Waals surface area contributed by atoms with Crippen molar-refractivity contribution in [3.63, 3.8) is 0 Å². The summed E-state index contributed by atoms with van der Waals surface area (Å²) in [6, 6.07) is 5.96. The molecule has 1 aliphatic heterocycles. The molecule has 3 rings (SSSR count). The van der Waals surface area contributed by atoms with E-state index >= 15 is 0 Å². The summed E-state index contributed by atoms with van der Waals surface area (Å²) in [6.07, 6.45) is 0.222. The highest BCUT2D eigenvalue weighted by atomic mass is 19.1. The van der Waals surface area contributed by atoms with Crippen molar-refractivity contribution in [2.45, 2.75) is 52.5 Å². The van der Waals surface area contributed by atoms with E-state index < -0.39 is 24.0 Å². The molecule has 1 heterocycles. The summed E-state index contributed by atoms with van der Waals surface area (Å²) in [5.74, 6) is -0.598. The zero-order valence-electron chi connectivity index (χ0n) is 17.6. The lowest BCUT2D eigenvalue weighted by Gasteiger charge is -2.37. The molecule has 0 N–H and O–H groups in total. The Morgan fingerprint density at radius 1 is 0.933 bits per heavy atom. The molecule has 0 saturated heterocycles. The molecule has 1 saturated carbocycles. The third-order valence-electron chi connectivity index (χ3n) is 4.99. The number of allylic oxidation sites excluding steroid dienone is 2. The maximum Gasteiger partial charge on any atom is 0.513 e. The number of ether oxygens (including phenoxy) is 4. The highest BCUT2D eigenvalue weighted by Crippen LogP contribution is 2.46. The van der Waals surface area contributed by atoms with Crippen molar-refractivity contribution in [3.8, 4) is 0 Å². The summed E-state index contributed by atoms with van der Waals surface area (Å²) in [5, 5.41) is 0. The van der Waals surface area contributed by atoms with Crippen molar-refractivity contribution in [2.75, 3.05) is 13.2 Å². The third kappa shape index (κ3) is 4.58. The minimum Gasteiger partial charge on any atom is -0.434 e. The number of benzene rings is 1. The Morgan fingerprint density at radius 2 is 1.40 bits per heavy atom. The van der Waals surface area contributed by atoms with Crippen LogP contribution < -0.4 is 0 Å². The molecule has 1 aromatic carbocycles. The van der Waals surface area contributed by atoms with Gasteiger partial charge in [-0.2, -0.15) is 0 Å². The number of nitrogens with zero attached hydrogens (tertiary/aromatic N) is 1. The molecule has 0 amide bonds. The Labute approximate surface area is 175 Å². The van der Waals surface area contributed by atoms with Gasteiger partial charge in [-0.3, -0.25) is 0 Å². The van der Waals surface area contributed by atoms with Gasteiger partial charge in [-0.25, -0.2) is 14.0 Å². The van der Waals surface area contributed by atoms with Crippen LogP contribution in [0, 0.1) is 5.82 Å². The second kappa shape index (κ2) is 9.19. The Bertz CT molecular complexity index is 828. The predicted octanol–water partition coefficient (Wildman–Crippen LogP) is 5.20. The average Bonchev–Trinajstić information content (AvgIpc) is 3.52. The van der Waals surface area contributed by atoms with Gasteiger partial charge in [0, 0.05) is 6.04 Å². The van der Waals surface area contributed by atoms with Crippen molar-refractivity contribution in [3.05, 3.63) is 58.6 Å². The van der Waals surface area contributed by atoms with Crippen molar-refractivity contribution in [2.24, 2.45) is 0 Å². The summed E-state index contributed by atoms with van der Waals surface area (Å²) in [4.78, 5) is 26.4. The Hall–Kier alpha value is -3.03. The number of carbonyl (C=O) groups is 2. The molecule has 1 aromatic rings. The van der Waals surface area contributed by atoms with Crippen LogP contribution in [0.3, 0.4) is 0 Å². The van der Waals surface area contributed by atoms with Gasteiger partial charge in [0.1, 0.15) is 23.3 Å². The van der Waals surface area contributed by atoms with Crippen LogP contribution in [0.15, 0.2) is 47.2 Å². The fraction of sp³-hybridized carbons (Fsp3) is 0.455. The molecular weight excluding hydrogens is 393 g/mol. The average molecular weight is 419 g/mol. The minimum atomic E-state index is -0.857. The Kier molecular flexibility index (Phi) is 6.64. The molecule has 30 heavy (non-hydrogen) atoms. The molecule has 0 spiro atoms. The van der Waals surface area contributed by atoms with Crippen molar-refractivity contribution in [1.29, 1.82) is 0 Å². The van der Waals surface area contributed by atoms with Crippen LogP contribution in [-0.2, 0) is 18.9 Å². The highest BCUT2D eigenvalue weighted by Gasteiger charge is 2.43. The molecular formula is C22H26FNO6. The van der Waals surface area contributed by atoms with E-state index in [1.54, 1.807) is 26.0 Å². The van der Waals surface area contributed by atoms with Crippen molar-refractivity contribution >= 4 is 12.3 Å². The highest BCUT2D eigenvalue weighted by molar-refractivity contribution is 5.65. The molecule has 8 heteroatoms. The second-order valence-electron chi connectivity index (χ2n) is 7.06. The first kappa shape index (κ1) is 21.7. The molecule has 0 unspecified atom stereocenters. The maximum absolute atomic E-state index is 13.6. The summed E-state index contributed by atoms with van der Waals surface area (Å²) >= 11 is 0. The normalized spacial score (nSPS) is 17.2. The quantitative estimate of drug-likeness (QED) is 0.587. The van der Waals surface area contributed by atoms with E-state index in [9.17, 15) is 14.0 Å². The Morgan fingerprint density at radius 3 is 1.80 bits per heavy atom. The van der Waals surface area contributed by atoms with Gasteiger partial charge < -0.3 is 23.8 Å². The smallest absolute Gasteiger partial charge is 0.434 e. The van der Waals surface area contributed by atoms with Gasteiger partial charge in [-0.05, 0) is 58.2 Å². The van der Waals surface area contributed by atoms with Gasteiger partial charge in [0.05, 0.1) is 24.6 Å². The van der Waals surface area contributed by atoms with Gasteiger partial charge >= 0.3 is 12.3 Å². The second-order valence-corrected chi connectivity index (χ2v) is 7.06. The van der Waals surface area contributed by atoms with Crippen LogP contribution in [0.4, 0.5) is 14.0 Å². The number of halogens is 1. The van der Waals surface area contributed by atoms with E-state index in [0.29, 0.717) is 17.0 Å². The molecule has 7 nitrogen and oxygen atoms in total. The van der Waals surface area contributed by atoms with E-state index in [1.165, 1.54) is 12.1 Å². The molecule has 0 atom stereocenters. The number of hydrogen-bond acceptors (Lipinski definition) is 7. The summed E-state index contributed by atoms with van der Waals surface area (Å²) in [5.41, 5.74) is 2.03. The fourth-order valence-electron chi connectivity index (χ4n) is 3.60. The van der Waals surface area contributed by atoms with E-state index in [1.807, 2.05) is 18.7 Å². The topological polar surface area (TPSA) is 74.3 Å². The molecule has 0 radical (unpaired) electrons. The van der Waals surface area contributed by atoms with Gasteiger partial charge in [-0.15, -0.1) is 0 Å². The van der Waals surface area contributed by atoms with Gasteiger partial charge in [0.15, 0.2) is 0 Å². The number of carbonyl (C=O) groups excluding carboxylic acids is 2. The zero-order valence-corrected chi connectivity index (χ0v) is 17.6. The van der Waals surface area contributed by atoms with Crippen LogP contribution in [0.5, 0.6) is 0 Å². The van der Waals surface area contributed by atoms with Crippen LogP contribution in [0.1, 0.15) is 52.0 Å². The van der Waals surface area contributed by atoms with Crippen molar-refractivity contribution in [1.82, 2.24) is 4.90 Å². The Balaban J connectivity index is 2.10. The SMILES string of the molecule is CCOC(=O)OC1=C(C)N(C2CC2)C(C)=C(OC(=O)OCC)C1c1ccc(F)cc1. The summed E-state index contributed by atoms with van der Waals surface area (Å²) in [7, 11) is 0. The first-order chi connectivity index (χ1) is 14.4. The van der Waals surface area contributed by atoms with E-state index in [4.69, 9.17) is 18.9 Å². The number of hydrogen-bond donors (Lipinski definition) is 0. The standard InChI is InChI=1S/C22H26FNO6/c1-5-27-21(25)29-19-13(3)24(17-11-12-17)14(4)20(30-22(26)28-6-2)18(19)15-7-9-16(23)10-8-15/h7-10,17-18H,5-6,11-12H2,1-4H3. The minimum absolute atomic E-state index is 0.153. The van der Waals surface area contributed by atoms with Crippen molar-refractivity contribution < 1.29 is 32.9 Å². The fourth-order valence-corrected chi connectivity index (χ4v) is 3.60. The van der Waals surface area contributed by atoms with E-state index in [2.05, 4.69) is 0 Å². The predicted molar refractivity (Wildman–Crippen MR) is 106 cm³/mol. The molecule has 1 aliphatic carbocycles. The molecule has 2 aliphatic rings. The summed E-state index contributed by atoms with van der Waals surface area (Å²) in [6.45, 7) is 7.34. The lowest BCUT2D eigenvalue weighted by Crippen LogP contribution is -2.34. The van der Waals surface area contributed by atoms with Gasteiger partial charge in [-0.1, -0.05) is 12.1 Å². The molecule has 162 valence electrons. The van der Waals surface area contributed by atoms with Crippen LogP contribution >= 0.6 is 0 Å². The maximum atomic E-state index is 13.6. The van der Waals surface area contributed by atoms with E-state index in [-0.39, 0.29) is 30.8 Å². The lowest BCUT2D eigenvalue weighted by atomic mass is 9.89. The molecule has 0 aromatic heterocycles. The van der Waals surface area contributed by atoms with Crippen LogP contribution in [0.2, 0.25) is 0 Å². The van der Waals surface area contributed by atoms with Crippen LogP contribution in [0.25, 0.3) is 0 Å². The van der Waals surface area contributed by atoms with Crippen LogP contribution in [-0.4, -0.2) is 36.5 Å².